The van der Waals surface area contributed by atoms with Gasteiger partial charge in [0.05, 0.1) is 44.2 Å². The first kappa shape index (κ1) is 27.9. The van der Waals surface area contributed by atoms with Crippen molar-refractivity contribution in [1.82, 2.24) is 0 Å². The first-order chi connectivity index (χ1) is 17.4. The van der Waals surface area contributed by atoms with Crippen molar-refractivity contribution in [3.8, 4) is 0 Å². The second kappa shape index (κ2) is 13.1. The van der Waals surface area contributed by atoms with Gasteiger partial charge in [-0.2, -0.15) is 0 Å². The molecule has 0 unspecified atom stereocenters. The highest BCUT2D eigenvalue weighted by molar-refractivity contribution is 5.13. The van der Waals surface area contributed by atoms with Crippen LogP contribution in [0.3, 0.4) is 0 Å². The Kier molecular flexibility index (Phi) is 10.2. The molecular formula is C28H44O8. The fraction of sp³-hybridized carbons (Fsp3) is 0.786. The maximum absolute atomic E-state index is 10.8. The van der Waals surface area contributed by atoms with Crippen molar-refractivity contribution in [3.05, 3.63) is 35.9 Å². The summed E-state index contributed by atoms with van der Waals surface area (Å²) in [6.07, 6.45) is 0.0496. The molecule has 2 heterocycles. The molecule has 11 atom stereocenters. The largest absolute Gasteiger partial charge is 0.393 e. The Morgan fingerprint density at radius 1 is 0.972 bits per heavy atom. The molecule has 0 amide bonds. The molecule has 1 aromatic rings. The third-order valence-electron chi connectivity index (χ3n) is 8.14. The van der Waals surface area contributed by atoms with Gasteiger partial charge in [0.2, 0.25) is 0 Å². The molecule has 0 spiro atoms. The van der Waals surface area contributed by atoms with Gasteiger partial charge in [-0.3, -0.25) is 0 Å². The van der Waals surface area contributed by atoms with Gasteiger partial charge >= 0.3 is 0 Å². The first-order valence-corrected chi connectivity index (χ1v) is 13.3. The lowest BCUT2D eigenvalue weighted by atomic mass is 9.88. The highest BCUT2D eigenvalue weighted by Crippen LogP contribution is 2.43. The van der Waals surface area contributed by atoms with E-state index in [0.717, 1.165) is 12.0 Å². The molecule has 0 aromatic heterocycles. The molecule has 4 rings (SSSR count). The zero-order valence-corrected chi connectivity index (χ0v) is 22.3. The van der Waals surface area contributed by atoms with Gasteiger partial charge in [-0.15, -0.1) is 0 Å². The van der Waals surface area contributed by atoms with Crippen molar-refractivity contribution < 1.29 is 38.3 Å². The number of benzene rings is 1. The topological polar surface area (TPSA) is 84.8 Å². The number of methoxy groups -OCH3 is 3. The number of hydrogen-bond donors (Lipinski definition) is 1. The Bertz CT molecular complexity index is 778. The van der Waals surface area contributed by atoms with Crippen LogP contribution in [-0.2, 0) is 39.8 Å². The summed E-state index contributed by atoms with van der Waals surface area (Å²) in [5.41, 5.74) is 1.13. The smallest absolute Gasteiger partial charge is 0.186 e. The Morgan fingerprint density at radius 3 is 2.33 bits per heavy atom. The quantitative estimate of drug-likeness (QED) is 0.461. The Morgan fingerprint density at radius 2 is 1.69 bits per heavy atom. The van der Waals surface area contributed by atoms with Crippen LogP contribution >= 0.6 is 0 Å². The number of aliphatic hydroxyl groups is 1. The molecule has 0 radical (unpaired) electrons. The van der Waals surface area contributed by atoms with E-state index in [0.29, 0.717) is 44.5 Å². The highest BCUT2D eigenvalue weighted by Gasteiger charge is 2.47. The summed E-state index contributed by atoms with van der Waals surface area (Å²) in [6.45, 7) is 5.66. The SMILES string of the molecule is CO[C@@H]1[C@@H](OC)[C@H](O[C@H]2C[C@@H](C[C@@H](O)[C@H]3C[C@@H]3C)O[C@@H](COCc3ccccc3)[C@@H]2C)OC[C@H]1OC. The Hall–Kier alpha value is -1.10. The summed E-state index contributed by atoms with van der Waals surface area (Å²) in [7, 11) is 4.93. The lowest BCUT2D eigenvalue weighted by molar-refractivity contribution is -0.310. The van der Waals surface area contributed by atoms with E-state index in [4.69, 9.17) is 33.2 Å². The van der Waals surface area contributed by atoms with Crippen LogP contribution in [0.25, 0.3) is 0 Å². The highest BCUT2D eigenvalue weighted by atomic mass is 16.7. The summed E-state index contributed by atoms with van der Waals surface area (Å²) in [5.74, 6) is 1.02. The average Bonchev–Trinajstić information content (AvgIpc) is 3.63. The van der Waals surface area contributed by atoms with Gasteiger partial charge in [0.25, 0.3) is 0 Å². The van der Waals surface area contributed by atoms with E-state index < -0.39 is 12.4 Å². The van der Waals surface area contributed by atoms with Crippen LogP contribution in [0.2, 0.25) is 0 Å². The van der Waals surface area contributed by atoms with Crippen LogP contribution in [0.15, 0.2) is 30.3 Å². The van der Waals surface area contributed by atoms with Crippen molar-refractivity contribution in [3.63, 3.8) is 0 Å². The normalized spacial score (nSPS) is 39.6. The molecular weight excluding hydrogens is 464 g/mol. The van der Waals surface area contributed by atoms with Gasteiger partial charge in [-0.05, 0) is 30.2 Å². The van der Waals surface area contributed by atoms with Gasteiger partial charge < -0.3 is 38.3 Å². The van der Waals surface area contributed by atoms with E-state index in [9.17, 15) is 5.11 Å². The molecule has 1 aliphatic carbocycles. The molecule has 204 valence electrons. The summed E-state index contributed by atoms with van der Waals surface area (Å²) < 4.78 is 42.2. The minimum absolute atomic E-state index is 0.0660. The van der Waals surface area contributed by atoms with Crippen molar-refractivity contribution in [1.29, 1.82) is 0 Å². The summed E-state index contributed by atoms with van der Waals surface area (Å²) in [5, 5.41) is 10.8. The minimum Gasteiger partial charge on any atom is -0.393 e. The van der Waals surface area contributed by atoms with Gasteiger partial charge in [0, 0.05) is 33.7 Å². The fourth-order valence-electron chi connectivity index (χ4n) is 5.63. The van der Waals surface area contributed by atoms with E-state index in [2.05, 4.69) is 26.0 Å². The number of ether oxygens (including phenoxy) is 7. The molecule has 1 saturated carbocycles. The van der Waals surface area contributed by atoms with Crippen LogP contribution in [0, 0.1) is 17.8 Å². The molecule has 3 aliphatic rings. The second-order valence-electron chi connectivity index (χ2n) is 10.6. The van der Waals surface area contributed by atoms with Gasteiger partial charge in [-0.25, -0.2) is 0 Å². The second-order valence-corrected chi connectivity index (χ2v) is 10.6. The number of aliphatic hydroxyl groups excluding tert-OH is 1. The minimum atomic E-state index is -0.586. The third-order valence-corrected chi connectivity index (χ3v) is 8.14. The first-order valence-electron chi connectivity index (χ1n) is 13.3. The third kappa shape index (κ3) is 6.85. The van der Waals surface area contributed by atoms with Crippen LogP contribution < -0.4 is 0 Å². The molecule has 36 heavy (non-hydrogen) atoms. The lowest BCUT2D eigenvalue weighted by Crippen LogP contribution is -2.58. The summed E-state index contributed by atoms with van der Waals surface area (Å²) in [6, 6.07) is 10.1. The van der Waals surface area contributed by atoms with E-state index in [1.807, 2.05) is 18.2 Å². The molecule has 2 saturated heterocycles. The number of hydrogen-bond acceptors (Lipinski definition) is 8. The predicted molar refractivity (Wildman–Crippen MR) is 133 cm³/mol. The van der Waals surface area contributed by atoms with Crippen molar-refractivity contribution in [2.24, 2.45) is 17.8 Å². The van der Waals surface area contributed by atoms with E-state index in [1.54, 1.807) is 21.3 Å². The van der Waals surface area contributed by atoms with E-state index >= 15 is 0 Å². The molecule has 2 aliphatic heterocycles. The molecule has 1 N–H and O–H groups in total. The van der Waals surface area contributed by atoms with Gasteiger partial charge in [0.15, 0.2) is 6.29 Å². The van der Waals surface area contributed by atoms with Crippen LogP contribution in [0.4, 0.5) is 0 Å². The lowest BCUT2D eigenvalue weighted by Gasteiger charge is -2.45. The van der Waals surface area contributed by atoms with E-state index in [1.165, 1.54) is 0 Å². The predicted octanol–water partition coefficient (Wildman–Crippen LogP) is 3.19. The van der Waals surface area contributed by atoms with Crippen LogP contribution in [0.5, 0.6) is 0 Å². The maximum Gasteiger partial charge on any atom is 0.186 e. The molecule has 8 heteroatoms. The Balaban J connectivity index is 1.42. The molecule has 0 bridgehead atoms. The van der Waals surface area contributed by atoms with Gasteiger partial charge in [-0.1, -0.05) is 44.2 Å². The number of rotatable bonds is 12. The van der Waals surface area contributed by atoms with Crippen molar-refractivity contribution >= 4 is 0 Å². The van der Waals surface area contributed by atoms with Crippen molar-refractivity contribution in [2.45, 2.75) is 88.7 Å². The maximum atomic E-state index is 10.8. The zero-order valence-electron chi connectivity index (χ0n) is 22.3. The van der Waals surface area contributed by atoms with Gasteiger partial charge in [0.1, 0.15) is 18.3 Å². The standard InChI is InChI=1S/C28H44O8/c1-17-11-21(17)22(29)12-20-13-23(36-28-27(32-5)26(31-4)25(30-3)16-34-28)18(2)24(35-20)15-33-14-19-9-7-6-8-10-19/h6-10,17-18,20-29H,11-16H2,1-5H3/t17-,18+,20+,21-,22+,23-,24-,25+,26-,27+,28-/m0/s1. The molecule has 3 fully saturated rings. The average molecular weight is 509 g/mol. The molecule has 1 aromatic carbocycles. The van der Waals surface area contributed by atoms with Crippen molar-refractivity contribution in [2.75, 3.05) is 34.5 Å². The van der Waals surface area contributed by atoms with Crippen LogP contribution in [-0.4, -0.2) is 88.7 Å². The monoisotopic (exact) mass is 508 g/mol. The summed E-state index contributed by atoms with van der Waals surface area (Å²) in [4.78, 5) is 0. The zero-order chi connectivity index (χ0) is 25.7. The Labute approximate surface area is 215 Å². The molecule has 8 nitrogen and oxygen atoms in total. The summed E-state index contributed by atoms with van der Waals surface area (Å²) >= 11 is 0. The van der Waals surface area contributed by atoms with E-state index in [-0.39, 0.29) is 42.5 Å². The van der Waals surface area contributed by atoms with Crippen LogP contribution in [0.1, 0.15) is 38.7 Å². The fourth-order valence-corrected chi connectivity index (χ4v) is 5.63.